The number of benzene rings is 5. The number of methoxy groups -OCH3 is 1. The zero-order chi connectivity index (χ0) is 41.4. The molecular weight excluding hydrogens is 763 g/mol. The summed E-state index contributed by atoms with van der Waals surface area (Å²) in [5, 5.41) is 12.7. The first-order chi connectivity index (χ1) is 28.6. The van der Waals surface area contributed by atoms with Gasteiger partial charge in [0.05, 0.1) is 30.3 Å². The fraction of sp³-hybridized carbons (Fsp3) is 0.354. The number of sulfonamides is 1. The minimum atomic E-state index is -3.97. The normalized spacial score (nSPS) is 21.6. The van der Waals surface area contributed by atoms with Crippen molar-refractivity contribution < 1.29 is 32.5 Å². The summed E-state index contributed by atoms with van der Waals surface area (Å²) >= 11 is 0. The zero-order valence-electron chi connectivity index (χ0n) is 34.0. The van der Waals surface area contributed by atoms with Crippen LogP contribution in [0.5, 0.6) is 0 Å². The Kier molecular flexibility index (Phi) is 14.1. The number of aliphatic hydroxyl groups excluding tert-OH is 1. The summed E-state index contributed by atoms with van der Waals surface area (Å²) in [6.07, 6.45) is 1.49. The van der Waals surface area contributed by atoms with E-state index in [-0.39, 0.29) is 42.6 Å². The fourth-order valence-corrected chi connectivity index (χ4v) is 9.32. The van der Waals surface area contributed by atoms with Gasteiger partial charge >= 0.3 is 0 Å². The molecule has 5 aromatic carbocycles. The molecule has 6 atom stereocenters. The quantitative estimate of drug-likeness (QED) is 0.0951. The second kappa shape index (κ2) is 19.6. The van der Waals surface area contributed by atoms with Crippen molar-refractivity contribution in [3.05, 3.63) is 161 Å². The van der Waals surface area contributed by atoms with Crippen LogP contribution >= 0.6 is 0 Å². The second-order valence-corrected chi connectivity index (χ2v) is 17.5. The molecule has 11 heteroatoms. The molecule has 0 spiro atoms. The molecule has 0 bridgehead atoms. The van der Waals surface area contributed by atoms with Crippen molar-refractivity contribution in [2.24, 2.45) is 5.92 Å². The highest BCUT2D eigenvalue weighted by atomic mass is 32.2. The number of aryl methyl sites for hydroxylation is 1. The van der Waals surface area contributed by atoms with Crippen molar-refractivity contribution in [1.82, 2.24) is 14.9 Å². The predicted octanol–water partition coefficient (Wildman–Crippen LogP) is 7.26. The summed E-state index contributed by atoms with van der Waals surface area (Å²) in [4.78, 5) is 16.3. The second-order valence-electron chi connectivity index (χ2n) is 15.8. The van der Waals surface area contributed by atoms with Crippen LogP contribution in [0.3, 0.4) is 0 Å². The number of hydrogen-bond acceptors (Lipinski definition) is 8. The van der Waals surface area contributed by atoms with Gasteiger partial charge in [-0.3, -0.25) is 9.69 Å². The summed E-state index contributed by atoms with van der Waals surface area (Å²) in [6.45, 7) is 6.74. The summed E-state index contributed by atoms with van der Waals surface area (Å²) in [7, 11) is -2.21. The van der Waals surface area contributed by atoms with Gasteiger partial charge in [0.2, 0.25) is 15.9 Å². The minimum Gasteiger partial charge on any atom is -0.392 e. The largest absolute Gasteiger partial charge is 0.392 e. The maximum Gasteiger partial charge on any atom is 0.241 e. The van der Waals surface area contributed by atoms with Crippen molar-refractivity contribution in [3.8, 4) is 11.1 Å². The highest BCUT2D eigenvalue weighted by Gasteiger charge is 2.40. The van der Waals surface area contributed by atoms with Crippen LogP contribution in [0.1, 0.15) is 65.5 Å². The number of amides is 1. The Labute approximate surface area is 348 Å². The number of rotatable bonds is 16. The van der Waals surface area contributed by atoms with Gasteiger partial charge in [-0.2, -0.15) is 4.72 Å². The van der Waals surface area contributed by atoms with Crippen LogP contribution in [0.25, 0.3) is 11.1 Å². The first-order valence-electron chi connectivity index (χ1n) is 20.4. The molecule has 3 N–H and O–H groups in total. The van der Waals surface area contributed by atoms with Gasteiger partial charge in [0.25, 0.3) is 0 Å². The highest BCUT2D eigenvalue weighted by Crippen LogP contribution is 2.43. The number of nitrogens with zero attached hydrogens (tertiary/aromatic N) is 1. The van der Waals surface area contributed by atoms with E-state index >= 15 is 0 Å². The van der Waals surface area contributed by atoms with E-state index in [0.717, 1.165) is 70.4 Å². The van der Waals surface area contributed by atoms with Crippen LogP contribution in [-0.2, 0) is 48.6 Å². The van der Waals surface area contributed by atoms with E-state index in [9.17, 15) is 18.3 Å². The topological polar surface area (TPSA) is 126 Å². The van der Waals surface area contributed by atoms with E-state index in [0.29, 0.717) is 12.6 Å². The van der Waals surface area contributed by atoms with Crippen molar-refractivity contribution in [1.29, 1.82) is 0 Å². The van der Waals surface area contributed by atoms with E-state index in [1.165, 1.54) is 0 Å². The van der Waals surface area contributed by atoms with Crippen LogP contribution in [0, 0.1) is 12.8 Å². The minimum absolute atomic E-state index is 0.0171. The SMILES string of the molecule is COC[C@@H]1CCCN1C[C@H]1O[C@@H](c2cccc(-c3cccc(CNC(=O)[C@@H](Cc4ccccc4)NS(=O)(=O)c4ccc(C)cc4)c3)c2)O[C@@H](c2ccc(CO)cc2)[C@H]1C. The van der Waals surface area contributed by atoms with Gasteiger partial charge in [-0.15, -0.1) is 0 Å². The van der Waals surface area contributed by atoms with Gasteiger partial charge in [0.1, 0.15) is 6.04 Å². The van der Waals surface area contributed by atoms with Gasteiger partial charge in [-0.1, -0.05) is 116 Å². The van der Waals surface area contributed by atoms with Gasteiger partial charge in [0, 0.05) is 37.7 Å². The van der Waals surface area contributed by atoms with Crippen LogP contribution in [0.4, 0.5) is 0 Å². The molecule has 2 saturated heterocycles. The molecule has 0 saturated carbocycles. The molecule has 10 nitrogen and oxygen atoms in total. The number of ether oxygens (including phenoxy) is 3. The lowest BCUT2D eigenvalue weighted by Gasteiger charge is -2.43. The molecule has 1 amide bonds. The molecule has 7 rings (SSSR count). The Morgan fingerprint density at radius 1 is 0.847 bits per heavy atom. The number of carbonyl (C=O) groups excluding carboxylic acids is 1. The average molecular weight is 818 g/mol. The number of carbonyl (C=O) groups is 1. The Morgan fingerprint density at radius 3 is 2.29 bits per heavy atom. The summed E-state index contributed by atoms with van der Waals surface area (Å²) in [6, 6.07) is 39.4. The summed E-state index contributed by atoms with van der Waals surface area (Å²) in [5.74, 6) is -0.356. The molecule has 2 fully saturated rings. The fourth-order valence-electron chi connectivity index (χ4n) is 8.12. The lowest BCUT2D eigenvalue weighted by atomic mass is 9.89. The Morgan fingerprint density at radius 2 is 1.56 bits per heavy atom. The van der Waals surface area contributed by atoms with E-state index < -0.39 is 28.3 Å². The molecule has 0 radical (unpaired) electrons. The Bertz CT molecular complexity index is 2250. The van der Waals surface area contributed by atoms with Crippen LogP contribution in [0.2, 0.25) is 0 Å². The molecule has 0 aliphatic carbocycles. The molecule has 2 aliphatic rings. The van der Waals surface area contributed by atoms with E-state index in [2.05, 4.69) is 27.9 Å². The van der Waals surface area contributed by atoms with Gasteiger partial charge in [-0.05, 0) is 90.4 Å². The number of aliphatic hydroxyl groups is 1. The number of nitrogens with one attached hydrogen (secondary N) is 2. The lowest BCUT2D eigenvalue weighted by molar-refractivity contribution is -0.276. The first kappa shape index (κ1) is 42.4. The molecular formula is C48H55N3O7S. The van der Waals surface area contributed by atoms with E-state index in [4.69, 9.17) is 14.2 Å². The third-order valence-electron chi connectivity index (χ3n) is 11.5. The van der Waals surface area contributed by atoms with Crippen molar-refractivity contribution >= 4 is 15.9 Å². The maximum atomic E-state index is 13.7. The summed E-state index contributed by atoms with van der Waals surface area (Å²) in [5.41, 5.74) is 7.36. The maximum absolute atomic E-state index is 13.7. The standard InChI is InChI=1S/C48H55N3O7S/c1-33-17-23-43(24-18-33)59(54,55)50-44(27-35-10-5-4-6-11-35)47(53)49-29-37-12-7-13-39(26-37)40-14-8-15-41(28-40)48-57-45(30-51-25-9-16-42(51)32-56-3)34(2)46(58-48)38-21-19-36(31-52)20-22-38/h4-8,10-15,17-24,26,28,34,42,44-46,48,50,52H,9,16,25,27,29-32H2,1-3H3,(H,49,53)/t34-,42-,44+,45+,46+,48+/m0/s1. The Hall–Kier alpha value is -4.72. The predicted molar refractivity (Wildman–Crippen MR) is 229 cm³/mol. The zero-order valence-corrected chi connectivity index (χ0v) is 34.8. The molecule has 2 aliphatic heterocycles. The Balaban J connectivity index is 1.08. The molecule has 0 unspecified atom stereocenters. The van der Waals surface area contributed by atoms with E-state index in [1.54, 1.807) is 31.4 Å². The molecule has 59 heavy (non-hydrogen) atoms. The highest BCUT2D eigenvalue weighted by molar-refractivity contribution is 7.89. The smallest absolute Gasteiger partial charge is 0.241 e. The van der Waals surface area contributed by atoms with E-state index in [1.807, 2.05) is 104 Å². The molecule has 0 aromatic heterocycles. The van der Waals surface area contributed by atoms with Gasteiger partial charge in [-0.25, -0.2) is 8.42 Å². The van der Waals surface area contributed by atoms with Crippen molar-refractivity contribution in [3.63, 3.8) is 0 Å². The summed E-state index contributed by atoms with van der Waals surface area (Å²) < 4.78 is 48.7. The van der Waals surface area contributed by atoms with Crippen LogP contribution in [-0.4, -0.2) is 69.3 Å². The monoisotopic (exact) mass is 817 g/mol. The number of likely N-dealkylation sites (tertiary alicyclic amines) is 1. The van der Waals surface area contributed by atoms with Crippen LogP contribution in [0.15, 0.2) is 132 Å². The number of hydrogen-bond donors (Lipinski definition) is 3. The molecule has 310 valence electrons. The van der Waals surface area contributed by atoms with Crippen molar-refractivity contribution in [2.45, 2.75) is 81.7 Å². The van der Waals surface area contributed by atoms with Crippen LogP contribution < -0.4 is 10.0 Å². The van der Waals surface area contributed by atoms with Gasteiger partial charge < -0.3 is 24.6 Å². The lowest BCUT2D eigenvalue weighted by Crippen LogP contribution is -2.47. The first-order valence-corrected chi connectivity index (χ1v) is 21.9. The molecule has 5 aromatic rings. The van der Waals surface area contributed by atoms with Crippen molar-refractivity contribution in [2.75, 3.05) is 26.8 Å². The third kappa shape index (κ3) is 10.7. The molecule has 2 heterocycles. The average Bonchev–Trinajstić information content (AvgIpc) is 3.70. The third-order valence-corrected chi connectivity index (χ3v) is 13.0. The van der Waals surface area contributed by atoms with Gasteiger partial charge in [0.15, 0.2) is 6.29 Å².